The van der Waals surface area contributed by atoms with E-state index >= 15 is 0 Å². The highest BCUT2D eigenvalue weighted by Gasteiger charge is 2.40. The number of carbonyl (C=O) groups is 1. The van der Waals surface area contributed by atoms with Crippen molar-refractivity contribution in [1.29, 1.82) is 0 Å². The molecule has 2 amide bonds. The fourth-order valence-corrected chi connectivity index (χ4v) is 5.19. The zero-order valence-corrected chi connectivity index (χ0v) is 15.4. The first-order valence-corrected chi connectivity index (χ1v) is 10.2. The van der Waals surface area contributed by atoms with E-state index in [-0.39, 0.29) is 6.03 Å². The Morgan fingerprint density at radius 1 is 1.00 bits per heavy atom. The van der Waals surface area contributed by atoms with Gasteiger partial charge in [-0.25, -0.2) is 4.79 Å². The van der Waals surface area contributed by atoms with Gasteiger partial charge in [0, 0.05) is 56.9 Å². The van der Waals surface area contributed by atoms with Gasteiger partial charge in [0.1, 0.15) is 0 Å². The standard InChI is InChI=1S/C19H34N4O/c1-14(2)23-17-5-6-18(23)13-22(10-8-17)19(24)20-16-7-9-21(12-16)11-15-3-4-15/h14-18H,3-13H2,1-2H3,(H,20,24)/t16-,17+,18+/m1/s1. The van der Waals surface area contributed by atoms with Gasteiger partial charge < -0.3 is 15.1 Å². The molecule has 136 valence electrons. The molecule has 0 radical (unpaired) electrons. The van der Waals surface area contributed by atoms with Gasteiger partial charge in [-0.15, -0.1) is 0 Å². The van der Waals surface area contributed by atoms with Crippen molar-refractivity contribution >= 4 is 6.03 Å². The number of likely N-dealkylation sites (tertiary alicyclic amines) is 2. The molecule has 4 fully saturated rings. The first-order valence-electron chi connectivity index (χ1n) is 10.2. The maximum Gasteiger partial charge on any atom is 0.317 e. The molecule has 1 aliphatic carbocycles. The second kappa shape index (κ2) is 6.83. The minimum absolute atomic E-state index is 0.185. The maximum atomic E-state index is 12.8. The van der Waals surface area contributed by atoms with Crippen LogP contribution in [0.4, 0.5) is 4.79 Å². The van der Waals surface area contributed by atoms with Crippen molar-refractivity contribution in [2.75, 3.05) is 32.7 Å². The summed E-state index contributed by atoms with van der Waals surface area (Å²) in [6.07, 6.45) is 7.66. The van der Waals surface area contributed by atoms with Crippen molar-refractivity contribution in [1.82, 2.24) is 20.0 Å². The van der Waals surface area contributed by atoms with E-state index in [9.17, 15) is 4.79 Å². The largest absolute Gasteiger partial charge is 0.334 e. The lowest BCUT2D eigenvalue weighted by Crippen LogP contribution is -2.49. The Morgan fingerprint density at radius 3 is 2.54 bits per heavy atom. The topological polar surface area (TPSA) is 38.8 Å². The van der Waals surface area contributed by atoms with E-state index in [4.69, 9.17) is 0 Å². The molecule has 1 saturated carbocycles. The van der Waals surface area contributed by atoms with Gasteiger partial charge in [0.2, 0.25) is 0 Å². The predicted molar refractivity (Wildman–Crippen MR) is 96.1 cm³/mol. The zero-order chi connectivity index (χ0) is 16.7. The van der Waals surface area contributed by atoms with Crippen LogP contribution in [-0.2, 0) is 0 Å². The van der Waals surface area contributed by atoms with Gasteiger partial charge in [-0.05, 0) is 58.3 Å². The number of hydrogen-bond donors (Lipinski definition) is 1. The summed E-state index contributed by atoms with van der Waals surface area (Å²) in [5.74, 6) is 0.947. The summed E-state index contributed by atoms with van der Waals surface area (Å²) < 4.78 is 0. The number of nitrogens with zero attached hydrogens (tertiary/aromatic N) is 3. The van der Waals surface area contributed by atoms with E-state index in [1.807, 2.05) is 0 Å². The van der Waals surface area contributed by atoms with Crippen LogP contribution in [0, 0.1) is 5.92 Å². The van der Waals surface area contributed by atoms with Crippen molar-refractivity contribution in [3.63, 3.8) is 0 Å². The summed E-state index contributed by atoms with van der Waals surface area (Å²) in [5.41, 5.74) is 0. The summed E-state index contributed by atoms with van der Waals surface area (Å²) >= 11 is 0. The molecular formula is C19H34N4O. The molecule has 0 aromatic heterocycles. The van der Waals surface area contributed by atoms with Gasteiger partial charge in [-0.2, -0.15) is 0 Å². The molecule has 0 unspecified atom stereocenters. The van der Waals surface area contributed by atoms with Crippen LogP contribution in [0.5, 0.6) is 0 Å². The van der Waals surface area contributed by atoms with E-state index in [1.165, 1.54) is 32.2 Å². The Hall–Kier alpha value is -0.810. The van der Waals surface area contributed by atoms with Gasteiger partial charge in [0.25, 0.3) is 0 Å². The Kier molecular flexibility index (Phi) is 4.74. The van der Waals surface area contributed by atoms with Crippen LogP contribution >= 0.6 is 0 Å². The maximum absolute atomic E-state index is 12.8. The van der Waals surface area contributed by atoms with E-state index in [2.05, 4.69) is 33.9 Å². The monoisotopic (exact) mass is 334 g/mol. The van der Waals surface area contributed by atoms with Gasteiger partial charge in [0.05, 0.1) is 0 Å². The van der Waals surface area contributed by atoms with E-state index in [0.29, 0.717) is 24.2 Å². The van der Waals surface area contributed by atoms with Gasteiger partial charge >= 0.3 is 6.03 Å². The molecule has 3 heterocycles. The molecule has 5 nitrogen and oxygen atoms in total. The highest BCUT2D eigenvalue weighted by molar-refractivity contribution is 5.74. The third kappa shape index (κ3) is 3.57. The van der Waals surface area contributed by atoms with Crippen LogP contribution in [0.25, 0.3) is 0 Å². The van der Waals surface area contributed by atoms with Crippen molar-refractivity contribution in [2.24, 2.45) is 5.92 Å². The van der Waals surface area contributed by atoms with Gasteiger partial charge in [0.15, 0.2) is 0 Å². The Morgan fingerprint density at radius 2 is 1.79 bits per heavy atom. The summed E-state index contributed by atoms with van der Waals surface area (Å²) in [4.78, 5) is 20.1. The first-order chi connectivity index (χ1) is 11.6. The molecule has 0 aromatic carbocycles. The number of urea groups is 1. The van der Waals surface area contributed by atoms with Crippen LogP contribution in [0.2, 0.25) is 0 Å². The minimum atomic E-state index is 0.185. The number of fused-ring (bicyclic) bond motifs is 2. The Labute approximate surface area is 146 Å². The lowest BCUT2D eigenvalue weighted by atomic mass is 10.1. The molecule has 3 atom stereocenters. The second-order valence-corrected chi connectivity index (χ2v) is 8.80. The summed E-state index contributed by atoms with van der Waals surface area (Å²) in [6, 6.07) is 2.39. The molecule has 4 aliphatic rings. The van der Waals surface area contributed by atoms with Crippen LogP contribution in [0.1, 0.15) is 52.4 Å². The predicted octanol–water partition coefficient (Wildman–Crippen LogP) is 2.13. The molecule has 5 heteroatoms. The van der Waals surface area contributed by atoms with Crippen LogP contribution in [-0.4, -0.2) is 77.6 Å². The lowest BCUT2D eigenvalue weighted by Gasteiger charge is -2.32. The van der Waals surface area contributed by atoms with Crippen LogP contribution in [0.15, 0.2) is 0 Å². The summed E-state index contributed by atoms with van der Waals surface area (Å²) in [5, 5.41) is 3.33. The third-order valence-electron chi connectivity index (χ3n) is 6.54. The number of nitrogens with one attached hydrogen (secondary N) is 1. The van der Waals surface area contributed by atoms with Crippen molar-refractivity contribution < 1.29 is 4.79 Å². The molecule has 4 rings (SSSR count). The molecule has 3 saturated heterocycles. The fourth-order valence-electron chi connectivity index (χ4n) is 5.19. The van der Waals surface area contributed by atoms with E-state index < -0.39 is 0 Å². The average molecular weight is 335 g/mol. The number of amides is 2. The molecule has 0 spiro atoms. The lowest BCUT2D eigenvalue weighted by molar-refractivity contribution is 0.146. The van der Waals surface area contributed by atoms with Crippen LogP contribution in [0.3, 0.4) is 0 Å². The van der Waals surface area contributed by atoms with Gasteiger partial charge in [-0.1, -0.05) is 0 Å². The molecule has 2 bridgehead atoms. The second-order valence-electron chi connectivity index (χ2n) is 8.80. The molecule has 0 aromatic rings. The SMILES string of the molecule is CC(C)N1[C@H]2CC[C@H]1CN(C(=O)N[C@@H]1CCN(CC3CC3)C1)CC2. The van der Waals surface area contributed by atoms with Gasteiger partial charge in [-0.3, -0.25) is 4.90 Å². The normalized spacial score (nSPS) is 34.8. The minimum Gasteiger partial charge on any atom is -0.334 e. The van der Waals surface area contributed by atoms with E-state index in [0.717, 1.165) is 44.9 Å². The fraction of sp³-hybridized carbons (Fsp3) is 0.947. The Balaban J connectivity index is 1.29. The number of hydrogen-bond acceptors (Lipinski definition) is 3. The Bertz CT molecular complexity index is 464. The van der Waals surface area contributed by atoms with Crippen LogP contribution < -0.4 is 5.32 Å². The quantitative estimate of drug-likeness (QED) is 0.856. The molecule has 3 aliphatic heterocycles. The summed E-state index contributed by atoms with van der Waals surface area (Å²) in [6.45, 7) is 9.91. The molecule has 24 heavy (non-hydrogen) atoms. The number of rotatable bonds is 4. The molecule has 1 N–H and O–H groups in total. The highest BCUT2D eigenvalue weighted by atomic mass is 16.2. The van der Waals surface area contributed by atoms with Crippen molar-refractivity contribution in [3.05, 3.63) is 0 Å². The molecular weight excluding hydrogens is 300 g/mol. The van der Waals surface area contributed by atoms with E-state index in [1.54, 1.807) is 0 Å². The first kappa shape index (κ1) is 16.6. The third-order valence-corrected chi connectivity index (χ3v) is 6.54. The smallest absolute Gasteiger partial charge is 0.317 e. The van der Waals surface area contributed by atoms with Crippen molar-refractivity contribution in [2.45, 2.75) is 76.5 Å². The summed E-state index contributed by atoms with van der Waals surface area (Å²) in [7, 11) is 0. The highest BCUT2D eigenvalue weighted by Crippen LogP contribution is 2.32. The zero-order valence-electron chi connectivity index (χ0n) is 15.4. The average Bonchev–Trinajstić information content (AvgIpc) is 3.12. The number of carbonyl (C=O) groups excluding carboxylic acids is 1. The van der Waals surface area contributed by atoms with Crippen molar-refractivity contribution in [3.8, 4) is 0 Å².